The third-order valence-electron chi connectivity index (χ3n) is 5.17. The lowest BCUT2D eigenvalue weighted by molar-refractivity contribution is -0.137. The summed E-state index contributed by atoms with van der Waals surface area (Å²) in [5.74, 6) is -0.554. The first kappa shape index (κ1) is 24.2. The lowest BCUT2D eigenvalue weighted by atomic mass is 10.1. The molecule has 0 spiro atoms. The van der Waals surface area contributed by atoms with Gasteiger partial charge in [-0.25, -0.2) is 18.4 Å². The van der Waals surface area contributed by atoms with Crippen LogP contribution in [0.25, 0.3) is 0 Å². The third kappa shape index (κ3) is 5.59. The molecule has 3 N–H and O–H groups in total. The molecule has 0 saturated heterocycles. The van der Waals surface area contributed by atoms with Gasteiger partial charge < -0.3 is 16.0 Å². The number of carbonyl (C=O) groups is 1. The summed E-state index contributed by atoms with van der Waals surface area (Å²) in [7, 11) is -2.23. The highest BCUT2D eigenvalue weighted by molar-refractivity contribution is 7.92. The molecule has 0 atom stereocenters. The number of hydrogen-bond acceptors (Lipinski definition) is 8. The highest BCUT2D eigenvalue weighted by atomic mass is 32.2. The van der Waals surface area contributed by atoms with Crippen molar-refractivity contribution in [2.45, 2.75) is 19.1 Å². The second kappa shape index (κ2) is 9.02. The van der Waals surface area contributed by atoms with Gasteiger partial charge >= 0.3 is 6.18 Å². The number of nitrogens with one attached hydrogen (secondary N) is 3. The van der Waals surface area contributed by atoms with Gasteiger partial charge in [-0.1, -0.05) is 0 Å². The van der Waals surface area contributed by atoms with Gasteiger partial charge in [-0.2, -0.15) is 18.2 Å². The first-order valence-electron chi connectivity index (χ1n) is 10.2. The molecule has 0 bridgehead atoms. The zero-order valence-corrected chi connectivity index (χ0v) is 19.3. The molecular weight excluding hydrogens is 487 g/mol. The van der Waals surface area contributed by atoms with E-state index in [1.54, 1.807) is 24.3 Å². The molecule has 0 unspecified atom stereocenters. The summed E-state index contributed by atoms with van der Waals surface area (Å²) in [6, 6.07) is 8.01. The maximum atomic E-state index is 13.6. The number of carbonyl (C=O) groups excluding carboxylic acids is 1. The number of anilines is 5. The van der Waals surface area contributed by atoms with Crippen molar-refractivity contribution in [3.63, 3.8) is 0 Å². The number of aromatic nitrogens is 3. The van der Waals surface area contributed by atoms with E-state index in [0.29, 0.717) is 23.1 Å². The molecule has 1 aliphatic heterocycles. The standard InChI is InChI=1S/C21H20F3N7O3S/c1-31(35(2,33)34)17-7-12(5-6-25-17)10-26-19-15(21(22,23)24)11-27-20(30-19)28-14-3-4-16-13(8-14)9-18(32)29-16/h3-8,11H,9-10H2,1-2H3,(H,29,32)(H2,26,27,28,30). The Morgan fingerprint density at radius 3 is 2.66 bits per heavy atom. The lowest BCUT2D eigenvalue weighted by Gasteiger charge is -2.17. The van der Waals surface area contributed by atoms with Crippen LogP contribution in [-0.4, -0.2) is 42.6 Å². The molecule has 184 valence electrons. The number of nitrogens with zero attached hydrogens (tertiary/aromatic N) is 4. The van der Waals surface area contributed by atoms with Crippen molar-refractivity contribution in [3.05, 3.63) is 59.4 Å². The quantitative estimate of drug-likeness (QED) is 0.445. The Balaban J connectivity index is 1.57. The van der Waals surface area contributed by atoms with Crippen LogP contribution in [0.1, 0.15) is 16.7 Å². The van der Waals surface area contributed by atoms with Gasteiger partial charge in [0.15, 0.2) is 0 Å². The minimum Gasteiger partial charge on any atom is -0.365 e. The minimum absolute atomic E-state index is 0.0787. The maximum Gasteiger partial charge on any atom is 0.421 e. The molecule has 0 fully saturated rings. The van der Waals surface area contributed by atoms with E-state index >= 15 is 0 Å². The van der Waals surface area contributed by atoms with Crippen LogP contribution in [0.2, 0.25) is 0 Å². The van der Waals surface area contributed by atoms with Gasteiger partial charge in [0, 0.05) is 37.4 Å². The van der Waals surface area contributed by atoms with Gasteiger partial charge in [0.05, 0.1) is 12.7 Å². The average Bonchev–Trinajstić information content (AvgIpc) is 3.15. The van der Waals surface area contributed by atoms with Crippen molar-refractivity contribution in [2.24, 2.45) is 0 Å². The summed E-state index contributed by atoms with van der Waals surface area (Å²) in [6.07, 6.45) is -1.46. The number of sulfonamides is 1. The molecule has 0 radical (unpaired) electrons. The monoisotopic (exact) mass is 507 g/mol. The van der Waals surface area contributed by atoms with Gasteiger partial charge in [0.1, 0.15) is 17.2 Å². The molecule has 1 aliphatic rings. The van der Waals surface area contributed by atoms with Crippen LogP contribution < -0.4 is 20.3 Å². The number of rotatable bonds is 7. The number of amides is 1. The summed E-state index contributed by atoms with van der Waals surface area (Å²) in [4.78, 5) is 23.3. The Kier molecular flexibility index (Phi) is 6.23. The predicted octanol–water partition coefficient (Wildman–Crippen LogP) is 3.14. The van der Waals surface area contributed by atoms with E-state index in [-0.39, 0.29) is 30.6 Å². The molecule has 3 heterocycles. The Morgan fingerprint density at radius 1 is 1.17 bits per heavy atom. The first-order valence-corrected chi connectivity index (χ1v) is 12.0. The molecule has 10 nitrogen and oxygen atoms in total. The van der Waals surface area contributed by atoms with Crippen molar-refractivity contribution in [1.82, 2.24) is 15.0 Å². The number of halogens is 3. The maximum absolute atomic E-state index is 13.6. The summed E-state index contributed by atoms with van der Waals surface area (Å²) >= 11 is 0. The molecule has 35 heavy (non-hydrogen) atoms. The SMILES string of the molecule is CN(c1cc(CNc2nc(Nc3ccc4c(c3)CC(=O)N4)ncc2C(F)(F)F)ccn1)S(C)(=O)=O. The van der Waals surface area contributed by atoms with E-state index in [1.165, 1.54) is 19.3 Å². The Hall–Kier alpha value is -3.94. The molecule has 0 saturated carbocycles. The largest absolute Gasteiger partial charge is 0.421 e. The van der Waals surface area contributed by atoms with E-state index in [1.807, 2.05) is 0 Å². The molecule has 0 aliphatic carbocycles. The lowest BCUT2D eigenvalue weighted by Crippen LogP contribution is -2.25. The highest BCUT2D eigenvalue weighted by Crippen LogP contribution is 2.35. The van der Waals surface area contributed by atoms with Crippen LogP contribution >= 0.6 is 0 Å². The van der Waals surface area contributed by atoms with Crippen LogP contribution in [0, 0.1) is 0 Å². The van der Waals surface area contributed by atoms with Crippen molar-refractivity contribution in [3.8, 4) is 0 Å². The highest BCUT2D eigenvalue weighted by Gasteiger charge is 2.35. The van der Waals surface area contributed by atoms with Crippen molar-refractivity contribution < 1.29 is 26.4 Å². The first-order chi connectivity index (χ1) is 16.4. The number of hydrogen-bond donors (Lipinski definition) is 3. The van der Waals surface area contributed by atoms with Crippen LogP contribution in [0.4, 0.5) is 42.1 Å². The summed E-state index contributed by atoms with van der Waals surface area (Å²) in [6.45, 7) is -0.0840. The van der Waals surface area contributed by atoms with Gasteiger partial charge in [0.25, 0.3) is 0 Å². The molecule has 4 rings (SSSR count). The van der Waals surface area contributed by atoms with Gasteiger partial charge in [-0.15, -0.1) is 0 Å². The summed E-state index contributed by atoms with van der Waals surface area (Å²) in [5.41, 5.74) is 1.36. The van der Waals surface area contributed by atoms with Crippen molar-refractivity contribution >= 4 is 44.9 Å². The van der Waals surface area contributed by atoms with Crippen LogP contribution in [-0.2, 0) is 34.0 Å². The number of benzene rings is 1. The average molecular weight is 507 g/mol. The molecule has 2 aromatic heterocycles. The number of fused-ring (bicyclic) bond motifs is 1. The summed E-state index contributed by atoms with van der Waals surface area (Å²) in [5, 5.41) is 8.21. The Morgan fingerprint density at radius 2 is 1.94 bits per heavy atom. The molecule has 1 aromatic carbocycles. The fraction of sp³-hybridized carbons (Fsp3) is 0.238. The topological polar surface area (TPSA) is 129 Å². The van der Waals surface area contributed by atoms with Crippen molar-refractivity contribution in [2.75, 3.05) is 33.6 Å². The second-order valence-corrected chi connectivity index (χ2v) is 9.80. The fourth-order valence-electron chi connectivity index (χ4n) is 3.32. The van der Waals surface area contributed by atoms with E-state index in [9.17, 15) is 26.4 Å². The second-order valence-electron chi connectivity index (χ2n) is 7.78. The van der Waals surface area contributed by atoms with E-state index in [0.717, 1.165) is 16.1 Å². The third-order valence-corrected chi connectivity index (χ3v) is 6.35. The Labute approximate surface area is 198 Å². The summed E-state index contributed by atoms with van der Waals surface area (Å²) < 4.78 is 65.1. The molecule has 14 heteroatoms. The Bertz CT molecular complexity index is 1400. The van der Waals surface area contributed by atoms with Gasteiger partial charge in [-0.05, 0) is 41.5 Å². The molecule has 1 amide bonds. The normalized spacial score (nSPS) is 13.2. The van der Waals surface area contributed by atoms with E-state index in [4.69, 9.17) is 0 Å². The van der Waals surface area contributed by atoms with E-state index in [2.05, 4.69) is 30.9 Å². The molecule has 3 aromatic rings. The van der Waals surface area contributed by atoms with Gasteiger partial charge in [0.2, 0.25) is 21.9 Å². The predicted molar refractivity (Wildman–Crippen MR) is 124 cm³/mol. The van der Waals surface area contributed by atoms with Gasteiger partial charge in [-0.3, -0.25) is 9.10 Å². The zero-order valence-electron chi connectivity index (χ0n) is 18.5. The zero-order chi connectivity index (χ0) is 25.4. The fourth-order valence-corrected chi connectivity index (χ4v) is 3.76. The number of pyridine rings is 1. The van der Waals surface area contributed by atoms with E-state index < -0.39 is 27.6 Å². The molecular formula is C21H20F3N7O3S. The van der Waals surface area contributed by atoms with Crippen LogP contribution in [0.3, 0.4) is 0 Å². The van der Waals surface area contributed by atoms with Crippen molar-refractivity contribution in [1.29, 1.82) is 0 Å². The minimum atomic E-state index is -4.71. The van der Waals surface area contributed by atoms with Crippen LogP contribution in [0.5, 0.6) is 0 Å². The smallest absolute Gasteiger partial charge is 0.365 e. The number of alkyl halides is 3. The van der Waals surface area contributed by atoms with Crippen LogP contribution in [0.15, 0.2) is 42.7 Å².